The molecule has 0 saturated carbocycles. The van der Waals surface area contributed by atoms with Crippen molar-refractivity contribution in [3.8, 4) is 5.75 Å². The van der Waals surface area contributed by atoms with Gasteiger partial charge in [0.25, 0.3) is 0 Å². The van der Waals surface area contributed by atoms with Crippen LogP contribution in [0.5, 0.6) is 5.75 Å². The van der Waals surface area contributed by atoms with Crippen LogP contribution in [0, 0.1) is 24.0 Å². The van der Waals surface area contributed by atoms with Gasteiger partial charge in [0.2, 0.25) is 5.91 Å². The average molecular weight is 388 g/mol. The highest BCUT2D eigenvalue weighted by atomic mass is 16.6. The van der Waals surface area contributed by atoms with Crippen LogP contribution < -0.4 is 10.1 Å². The van der Waals surface area contributed by atoms with E-state index in [1.165, 1.54) is 4.68 Å². The van der Waals surface area contributed by atoms with Crippen molar-refractivity contribution in [2.24, 2.45) is 0 Å². The van der Waals surface area contributed by atoms with Gasteiger partial charge < -0.3 is 10.1 Å². The molecule has 0 fully saturated rings. The smallest absolute Gasteiger partial charge is 0.312 e. The SMILES string of the molecule is CCCCC(NC(=O)CCn1nc(C)c([N+](=O)[O-])c1C)c1ccc(OC)cc1. The lowest BCUT2D eigenvalue weighted by Gasteiger charge is -2.19. The molecule has 152 valence electrons. The first-order valence-electron chi connectivity index (χ1n) is 9.49. The van der Waals surface area contributed by atoms with Crippen LogP contribution in [0.4, 0.5) is 5.69 Å². The average Bonchev–Trinajstić information content (AvgIpc) is 2.97. The summed E-state index contributed by atoms with van der Waals surface area (Å²) < 4.78 is 6.72. The molecule has 1 heterocycles. The molecular formula is C20H28N4O4. The fourth-order valence-electron chi connectivity index (χ4n) is 3.21. The van der Waals surface area contributed by atoms with E-state index in [1.54, 1.807) is 21.0 Å². The molecule has 0 bridgehead atoms. The third-order valence-electron chi connectivity index (χ3n) is 4.78. The number of nitrogens with zero attached hydrogens (tertiary/aromatic N) is 3. The Morgan fingerprint density at radius 1 is 1.32 bits per heavy atom. The first-order chi connectivity index (χ1) is 13.4. The van der Waals surface area contributed by atoms with E-state index in [-0.39, 0.29) is 24.1 Å². The summed E-state index contributed by atoms with van der Waals surface area (Å²) in [7, 11) is 1.62. The van der Waals surface area contributed by atoms with Crippen LogP contribution in [0.3, 0.4) is 0 Å². The third-order valence-corrected chi connectivity index (χ3v) is 4.78. The van der Waals surface area contributed by atoms with Crippen LogP contribution in [0.25, 0.3) is 0 Å². The van der Waals surface area contributed by atoms with Crippen LogP contribution in [0.2, 0.25) is 0 Å². The minimum Gasteiger partial charge on any atom is -0.497 e. The topological polar surface area (TPSA) is 99.3 Å². The maximum absolute atomic E-state index is 12.5. The van der Waals surface area contributed by atoms with E-state index < -0.39 is 4.92 Å². The van der Waals surface area contributed by atoms with Gasteiger partial charge in [0.05, 0.1) is 24.6 Å². The van der Waals surface area contributed by atoms with Gasteiger partial charge in [-0.25, -0.2) is 0 Å². The molecule has 0 saturated heterocycles. The number of nitrogens with one attached hydrogen (secondary N) is 1. The zero-order valence-corrected chi connectivity index (χ0v) is 16.9. The van der Waals surface area contributed by atoms with Crippen molar-refractivity contribution in [2.75, 3.05) is 7.11 Å². The number of unbranched alkanes of at least 4 members (excludes halogenated alkanes) is 1. The van der Waals surface area contributed by atoms with Crippen molar-refractivity contribution >= 4 is 11.6 Å². The number of rotatable bonds is 10. The normalized spacial score (nSPS) is 11.9. The molecule has 0 aliphatic heterocycles. The van der Waals surface area contributed by atoms with Crippen LogP contribution in [0.1, 0.15) is 55.6 Å². The first kappa shape index (κ1) is 21.4. The Labute approximate surface area is 165 Å². The predicted molar refractivity (Wildman–Crippen MR) is 106 cm³/mol. The van der Waals surface area contributed by atoms with Gasteiger partial charge in [-0.2, -0.15) is 5.10 Å². The van der Waals surface area contributed by atoms with Gasteiger partial charge in [0, 0.05) is 6.42 Å². The Morgan fingerprint density at radius 3 is 2.54 bits per heavy atom. The largest absolute Gasteiger partial charge is 0.497 e. The summed E-state index contributed by atoms with van der Waals surface area (Å²) in [6, 6.07) is 7.62. The number of aromatic nitrogens is 2. The maximum Gasteiger partial charge on any atom is 0.312 e. The van der Waals surface area contributed by atoms with Gasteiger partial charge in [-0.05, 0) is 38.0 Å². The van der Waals surface area contributed by atoms with Crippen LogP contribution in [-0.2, 0) is 11.3 Å². The van der Waals surface area contributed by atoms with E-state index in [0.717, 1.165) is 30.6 Å². The second-order valence-electron chi connectivity index (χ2n) is 6.79. The lowest BCUT2D eigenvalue weighted by molar-refractivity contribution is -0.386. The van der Waals surface area contributed by atoms with Crippen LogP contribution in [-0.4, -0.2) is 27.7 Å². The molecule has 2 rings (SSSR count). The fraction of sp³-hybridized carbons (Fsp3) is 0.500. The number of ether oxygens (including phenoxy) is 1. The highest BCUT2D eigenvalue weighted by molar-refractivity contribution is 5.76. The van der Waals surface area contributed by atoms with E-state index in [9.17, 15) is 14.9 Å². The number of nitro groups is 1. The zero-order chi connectivity index (χ0) is 20.7. The van der Waals surface area contributed by atoms with Gasteiger partial charge in [-0.3, -0.25) is 19.6 Å². The molecule has 8 heteroatoms. The number of hydrogen-bond acceptors (Lipinski definition) is 5. The maximum atomic E-state index is 12.5. The zero-order valence-electron chi connectivity index (χ0n) is 16.9. The van der Waals surface area contributed by atoms with E-state index in [2.05, 4.69) is 17.3 Å². The highest BCUT2D eigenvalue weighted by Gasteiger charge is 2.22. The molecule has 1 amide bonds. The lowest BCUT2D eigenvalue weighted by atomic mass is 10.0. The third kappa shape index (κ3) is 5.31. The molecule has 1 aromatic carbocycles. The Hall–Kier alpha value is -2.90. The van der Waals surface area contributed by atoms with E-state index in [1.807, 2.05) is 24.3 Å². The Kier molecular flexibility index (Phi) is 7.54. The van der Waals surface area contributed by atoms with Gasteiger partial charge >= 0.3 is 5.69 Å². The summed E-state index contributed by atoms with van der Waals surface area (Å²) in [4.78, 5) is 23.2. The number of aryl methyl sites for hydroxylation is 2. The van der Waals surface area contributed by atoms with Crippen molar-refractivity contribution in [3.63, 3.8) is 0 Å². The first-order valence-corrected chi connectivity index (χ1v) is 9.49. The second-order valence-corrected chi connectivity index (χ2v) is 6.79. The molecule has 28 heavy (non-hydrogen) atoms. The quantitative estimate of drug-likeness (QED) is 0.492. The molecule has 1 unspecified atom stereocenters. The Balaban J connectivity index is 2.03. The van der Waals surface area contributed by atoms with Crippen molar-refractivity contribution in [2.45, 2.75) is 59.0 Å². The molecule has 8 nitrogen and oxygen atoms in total. The van der Waals surface area contributed by atoms with Crippen molar-refractivity contribution < 1.29 is 14.5 Å². The van der Waals surface area contributed by atoms with E-state index >= 15 is 0 Å². The van der Waals surface area contributed by atoms with Crippen molar-refractivity contribution in [3.05, 3.63) is 51.3 Å². The summed E-state index contributed by atoms with van der Waals surface area (Å²) >= 11 is 0. The Morgan fingerprint density at radius 2 is 2.00 bits per heavy atom. The molecule has 0 radical (unpaired) electrons. The fourth-order valence-corrected chi connectivity index (χ4v) is 3.21. The molecule has 0 aliphatic rings. The number of amides is 1. The number of carbonyl (C=O) groups excluding carboxylic acids is 1. The summed E-state index contributed by atoms with van der Waals surface area (Å²) in [5.74, 6) is 0.669. The van der Waals surface area contributed by atoms with E-state index in [4.69, 9.17) is 4.74 Å². The Bertz CT molecular complexity index is 814. The number of hydrogen-bond donors (Lipinski definition) is 1. The standard InChI is InChI=1S/C20H28N4O4/c1-5-6-7-18(16-8-10-17(28-4)11-9-16)21-19(25)12-13-23-15(3)20(24(26)27)14(2)22-23/h8-11,18H,5-7,12-13H2,1-4H3,(H,21,25). The molecule has 1 aromatic heterocycles. The molecule has 1 N–H and O–H groups in total. The summed E-state index contributed by atoms with van der Waals surface area (Å²) in [6.07, 6.45) is 3.09. The minimum absolute atomic E-state index is 0.0134. The number of carbonyl (C=O) groups is 1. The van der Waals surface area contributed by atoms with Gasteiger partial charge in [0.15, 0.2) is 0 Å². The van der Waals surface area contributed by atoms with Gasteiger partial charge in [0.1, 0.15) is 17.1 Å². The van der Waals surface area contributed by atoms with Crippen LogP contribution >= 0.6 is 0 Å². The monoisotopic (exact) mass is 388 g/mol. The van der Waals surface area contributed by atoms with Gasteiger partial charge in [-0.1, -0.05) is 31.9 Å². The van der Waals surface area contributed by atoms with Crippen molar-refractivity contribution in [1.82, 2.24) is 15.1 Å². The van der Waals surface area contributed by atoms with Crippen molar-refractivity contribution in [1.29, 1.82) is 0 Å². The van der Waals surface area contributed by atoms with E-state index in [0.29, 0.717) is 17.9 Å². The molecule has 0 aliphatic carbocycles. The number of benzene rings is 1. The minimum atomic E-state index is -0.432. The predicted octanol–water partition coefficient (Wildman–Crippen LogP) is 3.85. The lowest BCUT2D eigenvalue weighted by Crippen LogP contribution is -2.29. The molecule has 0 spiro atoms. The molecular weight excluding hydrogens is 360 g/mol. The van der Waals surface area contributed by atoms with Crippen LogP contribution in [0.15, 0.2) is 24.3 Å². The number of methoxy groups -OCH3 is 1. The summed E-state index contributed by atoms with van der Waals surface area (Å²) in [6.45, 7) is 5.67. The molecule has 2 aromatic rings. The summed E-state index contributed by atoms with van der Waals surface area (Å²) in [5.41, 5.74) is 1.87. The second kappa shape index (κ2) is 9.87. The summed E-state index contributed by atoms with van der Waals surface area (Å²) in [5, 5.41) is 18.4. The van der Waals surface area contributed by atoms with Gasteiger partial charge in [-0.15, -0.1) is 0 Å². The molecule has 1 atom stereocenters. The highest BCUT2D eigenvalue weighted by Crippen LogP contribution is 2.23.